The number of alkyl carbamates (subject to hydrolysis) is 1. The second kappa shape index (κ2) is 12.5. The van der Waals surface area contributed by atoms with E-state index in [0.29, 0.717) is 6.61 Å². The fraction of sp³-hybridized carbons (Fsp3) is 0.412. The second-order valence-corrected chi connectivity index (χ2v) is 11.6. The maximum absolute atomic E-state index is 12.9. The summed E-state index contributed by atoms with van der Waals surface area (Å²) in [6.45, 7) is 6.06. The van der Waals surface area contributed by atoms with Crippen molar-refractivity contribution in [2.45, 2.75) is 63.6 Å². The van der Waals surface area contributed by atoms with Crippen LogP contribution < -0.4 is 5.32 Å². The minimum Gasteiger partial charge on any atom is -0.480 e. The van der Waals surface area contributed by atoms with Gasteiger partial charge in [0.05, 0.1) is 18.8 Å². The first kappa shape index (κ1) is 29.3. The van der Waals surface area contributed by atoms with Crippen LogP contribution in [0.4, 0.5) is 4.79 Å². The van der Waals surface area contributed by atoms with Gasteiger partial charge < -0.3 is 34.1 Å². The van der Waals surface area contributed by atoms with Crippen LogP contribution in [0.25, 0.3) is 11.1 Å². The zero-order valence-electron chi connectivity index (χ0n) is 24.4. The summed E-state index contributed by atoms with van der Waals surface area (Å²) in [5.74, 6) is -1.43. The van der Waals surface area contributed by atoms with Crippen molar-refractivity contribution in [3.63, 3.8) is 0 Å². The number of aliphatic carboxylic acids is 1. The van der Waals surface area contributed by atoms with Crippen molar-refractivity contribution in [3.05, 3.63) is 95.6 Å². The molecule has 0 bridgehead atoms. The highest BCUT2D eigenvalue weighted by atomic mass is 16.7. The molecule has 0 saturated carbocycles. The number of fused-ring (bicyclic) bond motifs is 4. The number of carboxylic acid groups (broad SMARTS) is 1. The Morgan fingerprint density at radius 2 is 1.53 bits per heavy atom. The Balaban J connectivity index is 1.06. The number of hydrogen-bond donors (Lipinski definition) is 2. The molecule has 0 spiro atoms. The first-order valence-corrected chi connectivity index (χ1v) is 14.8. The summed E-state index contributed by atoms with van der Waals surface area (Å²) < 4.78 is 30.2. The topological polar surface area (TPSA) is 113 Å². The molecular formula is C34H37NO8. The normalized spacial score (nSPS) is 27.7. The maximum atomic E-state index is 12.9. The van der Waals surface area contributed by atoms with Crippen LogP contribution in [0.15, 0.2) is 78.9 Å². The van der Waals surface area contributed by atoms with Gasteiger partial charge in [-0.1, -0.05) is 92.7 Å². The van der Waals surface area contributed by atoms with Crippen LogP contribution in [-0.2, 0) is 28.5 Å². The third kappa shape index (κ3) is 5.90. The summed E-state index contributed by atoms with van der Waals surface area (Å²) >= 11 is 0. The smallest absolute Gasteiger partial charge is 0.407 e. The van der Waals surface area contributed by atoms with E-state index in [-0.39, 0.29) is 36.6 Å². The number of carbonyl (C=O) groups excluding carboxylic acids is 1. The minimum absolute atomic E-state index is 0.0458. The number of rotatable bonds is 8. The zero-order chi connectivity index (χ0) is 30.1. The molecule has 1 amide bonds. The van der Waals surface area contributed by atoms with Crippen LogP contribution in [0.1, 0.15) is 49.7 Å². The molecular weight excluding hydrogens is 550 g/mol. The Morgan fingerprint density at radius 1 is 0.907 bits per heavy atom. The Hall–Kier alpha value is -3.76. The third-order valence-electron chi connectivity index (χ3n) is 8.92. The average Bonchev–Trinajstić information content (AvgIpc) is 3.35. The van der Waals surface area contributed by atoms with Crippen molar-refractivity contribution >= 4 is 12.1 Å². The molecule has 2 aliphatic heterocycles. The van der Waals surface area contributed by atoms with Gasteiger partial charge in [0.15, 0.2) is 18.6 Å². The summed E-state index contributed by atoms with van der Waals surface area (Å²) in [6, 6.07) is 24.5. The van der Waals surface area contributed by atoms with Gasteiger partial charge in [-0.05, 0) is 35.1 Å². The molecule has 6 rings (SSSR count). The number of nitrogens with one attached hydrogen (secondary N) is 1. The molecule has 0 aromatic heterocycles. The van der Waals surface area contributed by atoms with Crippen LogP contribution in [0.2, 0.25) is 0 Å². The fourth-order valence-corrected chi connectivity index (χ4v) is 6.35. The van der Waals surface area contributed by atoms with E-state index in [9.17, 15) is 14.7 Å². The van der Waals surface area contributed by atoms with Crippen molar-refractivity contribution in [1.29, 1.82) is 0 Å². The first-order valence-electron chi connectivity index (χ1n) is 14.8. The van der Waals surface area contributed by atoms with Gasteiger partial charge in [0.1, 0.15) is 12.7 Å². The van der Waals surface area contributed by atoms with Gasteiger partial charge in [-0.25, -0.2) is 9.59 Å². The molecule has 3 aliphatic rings. The molecule has 9 nitrogen and oxygen atoms in total. The molecule has 43 heavy (non-hydrogen) atoms. The average molecular weight is 588 g/mol. The van der Waals surface area contributed by atoms with E-state index in [2.05, 4.69) is 24.4 Å². The van der Waals surface area contributed by atoms with Crippen molar-refractivity contribution in [3.8, 4) is 11.1 Å². The van der Waals surface area contributed by atoms with Crippen molar-refractivity contribution in [2.24, 2.45) is 11.8 Å². The number of benzene rings is 3. The highest BCUT2D eigenvalue weighted by molar-refractivity contribution is 5.81. The largest absolute Gasteiger partial charge is 0.480 e. The monoisotopic (exact) mass is 587 g/mol. The lowest BCUT2D eigenvalue weighted by molar-refractivity contribution is -0.347. The standard InChI is InChI=1S/C34H37NO8/c1-19-20(2)32(42-28-18-39-33(43-30(19)28)22-11-5-4-6-12-22)41-21(3)29(31(36)37)35-34(38)40-17-27-25-15-9-7-13-23(25)24-14-8-10-16-26(24)27/h4-16,19-21,27-30,32-33H,17-18H2,1-3H3,(H,35,38)(H,36,37)/t19-,20?,21?,28?,29?,30-,32-,33?/m1/s1. The highest BCUT2D eigenvalue weighted by Crippen LogP contribution is 2.44. The lowest BCUT2D eigenvalue weighted by Gasteiger charge is -2.48. The summed E-state index contributed by atoms with van der Waals surface area (Å²) in [4.78, 5) is 25.1. The third-order valence-corrected chi connectivity index (χ3v) is 8.92. The minimum atomic E-state index is -1.35. The van der Waals surface area contributed by atoms with E-state index in [4.69, 9.17) is 23.7 Å². The van der Waals surface area contributed by atoms with Crippen molar-refractivity contribution in [2.75, 3.05) is 13.2 Å². The predicted octanol–water partition coefficient (Wildman–Crippen LogP) is 5.49. The number of amides is 1. The van der Waals surface area contributed by atoms with E-state index in [0.717, 1.165) is 27.8 Å². The lowest BCUT2D eigenvalue weighted by Crippen LogP contribution is -2.57. The second-order valence-electron chi connectivity index (χ2n) is 11.6. The summed E-state index contributed by atoms with van der Waals surface area (Å²) in [5.41, 5.74) is 5.31. The molecule has 2 fully saturated rings. The van der Waals surface area contributed by atoms with Gasteiger partial charge in [0, 0.05) is 17.4 Å². The molecule has 3 aromatic rings. The van der Waals surface area contributed by atoms with Gasteiger partial charge in [0.2, 0.25) is 0 Å². The van der Waals surface area contributed by atoms with Gasteiger partial charge in [-0.3, -0.25) is 0 Å². The molecule has 8 atom stereocenters. The van der Waals surface area contributed by atoms with Crippen LogP contribution in [0.5, 0.6) is 0 Å². The highest BCUT2D eigenvalue weighted by Gasteiger charge is 2.47. The maximum Gasteiger partial charge on any atom is 0.407 e. The quantitative estimate of drug-likeness (QED) is 0.356. The number of hydrogen-bond acceptors (Lipinski definition) is 7. The molecule has 1 aliphatic carbocycles. The van der Waals surface area contributed by atoms with E-state index in [1.807, 2.05) is 73.7 Å². The SMILES string of the molecule is CC(O[C@@H]1OC2COC(c3ccccc3)O[C@@H]2[C@H](C)C1C)C(NC(=O)OCC1c2ccccc2-c2ccccc21)C(=O)O. The van der Waals surface area contributed by atoms with Gasteiger partial charge in [-0.15, -0.1) is 0 Å². The van der Waals surface area contributed by atoms with E-state index in [1.54, 1.807) is 6.92 Å². The Labute approximate surface area is 251 Å². The van der Waals surface area contributed by atoms with Crippen molar-refractivity contribution < 1.29 is 38.4 Å². The molecule has 2 saturated heterocycles. The van der Waals surface area contributed by atoms with E-state index >= 15 is 0 Å². The molecule has 9 heteroatoms. The summed E-state index contributed by atoms with van der Waals surface area (Å²) in [5, 5.41) is 12.5. The number of carbonyl (C=O) groups is 2. The van der Waals surface area contributed by atoms with E-state index < -0.39 is 36.8 Å². The van der Waals surface area contributed by atoms with Crippen LogP contribution in [0, 0.1) is 11.8 Å². The lowest BCUT2D eigenvalue weighted by atomic mass is 9.84. The van der Waals surface area contributed by atoms with Gasteiger partial charge >= 0.3 is 12.1 Å². The van der Waals surface area contributed by atoms with Crippen molar-refractivity contribution in [1.82, 2.24) is 5.32 Å². The van der Waals surface area contributed by atoms with Crippen LogP contribution in [0.3, 0.4) is 0 Å². The molecule has 2 N–H and O–H groups in total. The molecule has 5 unspecified atom stereocenters. The predicted molar refractivity (Wildman–Crippen MR) is 157 cm³/mol. The number of carboxylic acids is 1. The fourth-order valence-electron chi connectivity index (χ4n) is 6.35. The number of ether oxygens (including phenoxy) is 5. The molecule has 226 valence electrons. The Morgan fingerprint density at radius 3 is 2.19 bits per heavy atom. The molecule has 2 heterocycles. The van der Waals surface area contributed by atoms with Crippen LogP contribution in [-0.4, -0.2) is 61.0 Å². The molecule has 0 radical (unpaired) electrons. The zero-order valence-corrected chi connectivity index (χ0v) is 24.4. The van der Waals surface area contributed by atoms with Gasteiger partial charge in [0.25, 0.3) is 0 Å². The van der Waals surface area contributed by atoms with Gasteiger partial charge in [-0.2, -0.15) is 0 Å². The van der Waals surface area contributed by atoms with Crippen LogP contribution >= 0.6 is 0 Å². The van der Waals surface area contributed by atoms with E-state index in [1.165, 1.54) is 0 Å². The Bertz CT molecular complexity index is 1400. The summed E-state index contributed by atoms with van der Waals surface area (Å²) in [7, 11) is 0. The Kier molecular flexibility index (Phi) is 8.50. The molecule has 3 aromatic carbocycles. The first-order chi connectivity index (χ1) is 20.8. The summed E-state index contributed by atoms with van der Waals surface area (Å²) in [6.07, 6.45) is -3.50.